The van der Waals surface area contributed by atoms with Gasteiger partial charge in [-0.05, 0) is 39.0 Å². The van der Waals surface area contributed by atoms with E-state index in [1.54, 1.807) is 0 Å². The molecule has 5 heteroatoms. The Morgan fingerprint density at radius 1 is 1.19 bits per heavy atom. The molecule has 4 rings (SSSR count). The molecule has 1 aromatic heterocycles. The second-order valence-corrected chi connectivity index (χ2v) is 9.26. The molecule has 0 N–H and O–H groups in total. The topological polar surface area (TPSA) is 45.9 Å². The summed E-state index contributed by atoms with van der Waals surface area (Å²) in [5.41, 5.74) is 2.83. The van der Waals surface area contributed by atoms with Gasteiger partial charge in [0.15, 0.2) is 5.78 Å². The van der Waals surface area contributed by atoms with E-state index in [-0.39, 0.29) is 5.78 Å². The molecule has 1 aliphatic carbocycles. The number of carbonyl (C=O) groups is 1. The second kappa shape index (κ2) is 9.57. The quantitative estimate of drug-likeness (QED) is 0.449. The van der Waals surface area contributed by atoms with Crippen LogP contribution in [0.1, 0.15) is 36.4 Å². The summed E-state index contributed by atoms with van der Waals surface area (Å²) in [6.07, 6.45) is 6.39. The Labute approximate surface area is 191 Å². The number of piperazine rings is 1. The van der Waals surface area contributed by atoms with Gasteiger partial charge in [0.05, 0.1) is 18.8 Å². The Kier molecular flexibility index (Phi) is 6.79. The van der Waals surface area contributed by atoms with Crippen molar-refractivity contribution in [2.24, 2.45) is 0 Å². The van der Waals surface area contributed by atoms with Crippen LogP contribution >= 0.6 is 0 Å². The number of benzene rings is 1. The number of fused-ring (bicyclic) bond motifs is 3. The molecule has 1 aliphatic heterocycles. The molecule has 0 amide bonds. The summed E-state index contributed by atoms with van der Waals surface area (Å²) in [7, 11) is 2.16. The van der Waals surface area contributed by atoms with Gasteiger partial charge in [0, 0.05) is 49.1 Å². The number of rotatable bonds is 8. The monoisotopic (exact) mass is 434 g/mol. The van der Waals surface area contributed by atoms with E-state index in [0.717, 1.165) is 60.6 Å². The van der Waals surface area contributed by atoms with E-state index in [1.165, 1.54) is 0 Å². The van der Waals surface area contributed by atoms with Crippen LogP contribution in [-0.4, -0.2) is 68.6 Å². The number of hydrogen-bond acceptors (Lipinski definition) is 5. The van der Waals surface area contributed by atoms with Crippen molar-refractivity contribution >= 4 is 16.8 Å². The number of hydrogen-bond donors (Lipinski definition) is 0. The van der Waals surface area contributed by atoms with Crippen molar-refractivity contribution in [3.63, 3.8) is 0 Å². The molecule has 1 saturated heterocycles. The molecule has 0 atom stereocenters. The van der Waals surface area contributed by atoms with Gasteiger partial charge in [-0.15, -0.1) is 6.58 Å². The number of nitrogens with zero attached hydrogens (tertiary/aromatic N) is 2. The molecule has 0 saturated carbocycles. The van der Waals surface area contributed by atoms with Crippen molar-refractivity contribution < 1.29 is 13.9 Å². The summed E-state index contributed by atoms with van der Waals surface area (Å²) in [6.45, 7) is 14.7. The Hall–Kier alpha value is -2.47. The lowest BCUT2D eigenvalue weighted by Gasteiger charge is -2.32. The Bertz CT molecular complexity index is 1050. The SMILES string of the molecule is C=CCC1=C(/C=C\COCCN2CCN(C)CC2)C(=O)c2c(oc3ccccc23)C1(C)C. The van der Waals surface area contributed by atoms with Crippen LogP contribution in [0.4, 0.5) is 0 Å². The molecule has 170 valence electrons. The fraction of sp³-hybridized carbons (Fsp3) is 0.444. The van der Waals surface area contributed by atoms with E-state index in [4.69, 9.17) is 9.15 Å². The van der Waals surface area contributed by atoms with Gasteiger partial charge in [-0.2, -0.15) is 0 Å². The van der Waals surface area contributed by atoms with Crippen LogP contribution in [0, 0.1) is 0 Å². The first-order valence-electron chi connectivity index (χ1n) is 11.5. The summed E-state index contributed by atoms with van der Waals surface area (Å²) in [5.74, 6) is 0.774. The van der Waals surface area contributed by atoms with Crippen LogP contribution in [0.3, 0.4) is 0 Å². The molecule has 2 aliphatic rings. The van der Waals surface area contributed by atoms with Gasteiger partial charge in [-0.3, -0.25) is 9.69 Å². The minimum Gasteiger partial charge on any atom is -0.459 e. The molecule has 1 aromatic carbocycles. The third kappa shape index (κ3) is 4.38. The Morgan fingerprint density at radius 2 is 1.94 bits per heavy atom. The number of Topliss-reactive ketones (excluding diaryl/α,β-unsaturated/α-hetero) is 1. The summed E-state index contributed by atoms with van der Waals surface area (Å²) in [6, 6.07) is 7.78. The van der Waals surface area contributed by atoms with Gasteiger partial charge in [0.1, 0.15) is 11.3 Å². The molecule has 5 nitrogen and oxygen atoms in total. The lowest BCUT2D eigenvalue weighted by Crippen LogP contribution is -2.45. The van der Waals surface area contributed by atoms with Gasteiger partial charge in [-0.1, -0.05) is 36.4 Å². The highest BCUT2D eigenvalue weighted by atomic mass is 16.5. The lowest BCUT2D eigenvalue weighted by molar-refractivity contribution is 0.0946. The largest absolute Gasteiger partial charge is 0.459 e. The average Bonchev–Trinajstić information content (AvgIpc) is 3.18. The van der Waals surface area contributed by atoms with E-state index < -0.39 is 5.41 Å². The van der Waals surface area contributed by atoms with Crippen LogP contribution in [0.2, 0.25) is 0 Å². The van der Waals surface area contributed by atoms with E-state index in [2.05, 4.69) is 37.3 Å². The first-order chi connectivity index (χ1) is 15.4. The maximum atomic E-state index is 13.6. The Morgan fingerprint density at radius 3 is 2.69 bits per heavy atom. The van der Waals surface area contributed by atoms with Crippen molar-refractivity contribution in [2.45, 2.75) is 25.7 Å². The maximum absolute atomic E-state index is 13.6. The average molecular weight is 435 g/mol. The number of ether oxygens (including phenoxy) is 1. The lowest BCUT2D eigenvalue weighted by atomic mass is 9.70. The maximum Gasteiger partial charge on any atom is 0.197 e. The molecule has 0 bridgehead atoms. The number of allylic oxidation sites excluding steroid dienone is 4. The van der Waals surface area contributed by atoms with Gasteiger partial charge in [-0.25, -0.2) is 0 Å². The van der Waals surface area contributed by atoms with E-state index in [1.807, 2.05) is 42.5 Å². The number of ketones is 1. The molecule has 1 fully saturated rings. The molecule has 32 heavy (non-hydrogen) atoms. The summed E-state index contributed by atoms with van der Waals surface area (Å²) in [4.78, 5) is 18.4. The third-order valence-corrected chi connectivity index (χ3v) is 6.71. The number of carbonyl (C=O) groups excluding carboxylic acids is 1. The zero-order valence-corrected chi connectivity index (χ0v) is 19.5. The Balaban J connectivity index is 1.48. The smallest absolute Gasteiger partial charge is 0.197 e. The van der Waals surface area contributed by atoms with Crippen molar-refractivity contribution in [1.29, 1.82) is 0 Å². The fourth-order valence-electron chi connectivity index (χ4n) is 4.72. The number of likely N-dealkylation sites (N-methyl/N-ethyl adjacent to an activating group) is 1. The van der Waals surface area contributed by atoms with Crippen molar-refractivity contribution in [1.82, 2.24) is 9.80 Å². The van der Waals surface area contributed by atoms with E-state index in [9.17, 15) is 4.79 Å². The second-order valence-electron chi connectivity index (χ2n) is 9.26. The zero-order chi connectivity index (χ0) is 22.7. The van der Waals surface area contributed by atoms with Gasteiger partial charge >= 0.3 is 0 Å². The predicted molar refractivity (Wildman–Crippen MR) is 129 cm³/mol. The molecule has 2 heterocycles. The first-order valence-corrected chi connectivity index (χ1v) is 11.5. The highest BCUT2D eigenvalue weighted by molar-refractivity contribution is 6.20. The van der Waals surface area contributed by atoms with Crippen molar-refractivity contribution in [2.75, 3.05) is 53.0 Å². The van der Waals surface area contributed by atoms with Gasteiger partial charge in [0.25, 0.3) is 0 Å². The normalized spacial score (nSPS) is 19.8. The van der Waals surface area contributed by atoms with Crippen LogP contribution in [0.5, 0.6) is 0 Å². The number of furan rings is 1. The summed E-state index contributed by atoms with van der Waals surface area (Å²) in [5, 5.41) is 0.882. The van der Waals surface area contributed by atoms with Crippen LogP contribution in [0.25, 0.3) is 11.0 Å². The molecule has 2 aromatic rings. The molecule has 0 spiro atoms. The third-order valence-electron chi connectivity index (χ3n) is 6.71. The predicted octanol–water partition coefficient (Wildman–Crippen LogP) is 4.60. The molecular weight excluding hydrogens is 400 g/mol. The zero-order valence-electron chi connectivity index (χ0n) is 19.5. The standard InChI is InChI=1S/C27H34N2O3/c1-5-9-22-20(11-8-18-31-19-17-29-15-13-28(4)14-16-29)25(30)24-21-10-6-7-12-23(21)32-26(24)27(22,2)3/h5-8,10-12H,1,9,13-19H2,2-4H3/b11-8-. The van der Waals surface area contributed by atoms with E-state index >= 15 is 0 Å². The van der Waals surface area contributed by atoms with Crippen LogP contribution in [0.15, 0.2) is 64.6 Å². The summed E-state index contributed by atoms with van der Waals surface area (Å²) >= 11 is 0. The van der Waals surface area contributed by atoms with Crippen molar-refractivity contribution in [3.8, 4) is 0 Å². The van der Waals surface area contributed by atoms with Gasteiger partial charge in [0.2, 0.25) is 0 Å². The highest BCUT2D eigenvalue weighted by Crippen LogP contribution is 2.46. The first kappa shape index (κ1) is 22.7. The minimum atomic E-state index is -0.390. The highest BCUT2D eigenvalue weighted by Gasteiger charge is 2.41. The van der Waals surface area contributed by atoms with Crippen LogP contribution in [-0.2, 0) is 10.2 Å². The minimum absolute atomic E-state index is 0.0230. The van der Waals surface area contributed by atoms with Crippen molar-refractivity contribution in [3.05, 3.63) is 71.5 Å². The summed E-state index contributed by atoms with van der Waals surface area (Å²) < 4.78 is 12.0. The number of para-hydroxylation sites is 1. The van der Waals surface area contributed by atoms with E-state index in [0.29, 0.717) is 25.2 Å². The molecular formula is C27H34N2O3. The molecule has 0 unspecified atom stereocenters. The van der Waals surface area contributed by atoms with Gasteiger partial charge < -0.3 is 14.1 Å². The fourth-order valence-corrected chi connectivity index (χ4v) is 4.72. The molecule has 0 radical (unpaired) electrons. The van der Waals surface area contributed by atoms with Crippen LogP contribution < -0.4 is 0 Å².